The van der Waals surface area contributed by atoms with Gasteiger partial charge in [-0.25, -0.2) is 18.4 Å². The highest BCUT2D eigenvalue weighted by Crippen LogP contribution is 2.25. The summed E-state index contributed by atoms with van der Waals surface area (Å²) >= 11 is 1.30. The maximum atomic E-state index is 12.9. The number of sulfonamides is 1. The average molecular weight is 461 g/mol. The normalized spacial score (nSPS) is 15.6. The van der Waals surface area contributed by atoms with E-state index in [0.29, 0.717) is 29.5 Å². The Morgan fingerprint density at radius 2 is 1.81 bits per heavy atom. The molecule has 0 aliphatic carbocycles. The van der Waals surface area contributed by atoms with Crippen molar-refractivity contribution in [1.82, 2.24) is 24.1 Å². The molecule has 1 N–H and O–H groups in total. The highest BCUT2D eigenvalue weighted by atomic mass is 32.2. The molecule has 164 valence electrons. The number of amides is 1. The minimum Gasteiger partial charge on any atom is -0.325 e. The van der Waals surface area contributed by atoms with Crippen LogP contribution in [-0.4, -0.2) is 57.2 Å². The number of hydrogen-bond acceptors (Lipinski definition) is 7. The van der Waals surface area contributed by atoms with Crippen LogP contribution in [0.5, 0.6) is 0 Å². The van der Waals surface area contributed by atoms with Gasteiger partial charge in [0.05, 0.1) is 22.2 Å². The van der Waals surface area contributed by atoms with Crippen molar-refractivity contribution in [2.24, 2.45) is 7.05 Å². The molecule has 1 amide bonds. The standard InChI is InChI=1S/C20H24N6O3S2/c1-25-19-17(12-23-25)20(22-14-21-19)30-13-18(27)24-15-6-8-16(9-7-15)31(28,29)26-10-4-2-3-5-11-26/h6-9,12,14H,2-5,10-11,13H2,1H3,(H,24,27). The highest BCUT2D eigenvalue weighted by Gasteiger charge is 2.25. The second-order valence-electron chi connectivity index (χ2n) is 7.36. The molecule has 0 bridgehead atoms. The van der Waals surface area contributed by atoms with Crippen LogP contribution < -0.4 is 5.32 Å². The minimum absolute atomic E-state index is 0.162. The molecule has 2 aromatic heterocycles. The second-order valence-corrected chi connectivity index (χ2v) is 10.3. The first kappa shape index (κ1) is 21.7. The van der Waals surface area contributed by atoms with Gasteiger partial charge in [0.1, 0.15) is 11.4 Å². The summed E-state index contributed by atoms with van der Waals surface area (Å²) in [5.41, 5.74) is 1.26. The Hall–Kier alpha value is -2.50. The Morgan fingerprint density at radius 3 is 2.52 bits per heavy atom. The van der Waals surface area contributed by atoms with Crippen molar-refractivity contribution in [1.29, 1.82) is 0 Å². The predicted molar refractivity (Wildman–Crippen MR) is 119 cm³/mol. The van der Waals surface area contributed by atoms with Gasteiger partial charge in [0, 0.05) is 25.8 Å². The van der Waals surface area contributed by atoms with E-state index in [2.05, 4.69) is 20.4 Å². The molecule has 1 fully saturated rings. The van der Waals surface area contributed by atoms with Crippen molar-refractivity contribution in [3.05, 3.63) is 36.8 Å². The molecule has 9 nitrogen and oxygen atoms in total. The molecule has 4 rings (SSSR count). The van der Waals surface area contributed by atoms with Crippen molar-refractivity contribution in [3.8, 4) is 0 Å². The van der Waals surface area contributed by atoms with Gasteiger partial charge in [-0.1, -0.05) is 24.6 Å². The number of fused-ring (bicyclic) bond motifs is 1. The lowest BCUT2D eigenvalue weighted by Gasteiger charge is -2.20. The van der Waals surface area contributed by atoms with E-state index < -0.39 is 10.0 Å². The largest absolute Gasteiger partial charge is 0.325 e. The Bertz CT molecular complexity index is 1170. The number of hydrogen-bond donors (Lipinski definition) is 1. The molecule has 1 aliphatic heterocycles. The zero-order chi connectivity index (χ0) is 21.8. The lowest BCUT2D eigenvalue weighted by atomic mass is 10.2. The van der Waals surface area contributed by atoms with E-state index in [1.807, 2.05) is 0 Å². The summed E-state index contributed by atoms with van der Waals surface area (Å²) in [5, 5.41) is 8.45. The van der Waals surface area contributed by atoms with Crippen LogP contribution in [0.3, 0.4) is 0 Å². The Morgan fingerprint density at radius 1 is 1.10 bits per heavy atom. The van der Waals surface area contributed by atoms with Gasteiger partial charge >= 0.3 is 0 Å². The second kappa shape index (κ2) is 9.33. The number of rotatable bonds is 6. The summed E-state index contributed by atoms with van der Waals surface area (Å²) in [4.78, 5) is 21.0. The fourth-order valence-corrected chi connectivity index (χ4v) is 5.81. The van der Waals surface area contributed by atoms with Gasteiger partial charge in [-0.15, -0.1) is 0 Å². The summed E-state index contributed by atoms with van der Waals surface area (Å²) in [5.74, 6) is -0.0433. The number of aromatic nitrogens is 4. The van der Waals surface area contributed by atoms with Crippen molar-refractivity contribution < 1.29 is 13.2 Å². The smallest absolute Gasteiger partial charge is 0.243 e. The molecule has 0 radical (unpaired) electrons. The third-order valence-electron chi connectivity index (χ3n) is 5.17. The average Bonchev–Trinajstić information content (AvgIpc) is 2.97. The lowest BCUT2D eigenvalue weighted by molar-refractivity contribution is -0.113. The predicted octanol–water partition coefficient (Wildman–Crippen LogP) is 2.66. The molecule has 1 aromatic carbocycles. The number of nitrogens with one attached hydrogen (secondary N) is 1. The third-order valence-corrected chi connectivity index (χ3v) is 8.09. The summed E-state index contributed by atoms with van der Waals surface area (Å²) < 4.78 is 28.9. The van der Waals surface area contributed by atoms with Crippen LogP contribution in [0.4, 0.5) is 5.69 Å². The molecule has 1 saturated heterocycles. The van der Waals surface area contributed by atoms with Gasteiger partial charge in [-0.3, -0.25) is 9.48 Å². The number of anilines is 1. The molecule has 0 atom stereocenters. The van der Waals surface area contributed by atoms with Crippen molar-refractivity contribution in [3.63, 3.8) is 0 Å². The van der Waals surface area contributed by atoms with E-state index in [1.165, 1.54) is 18.1 Å². The Labute approximate surface area is 185 Å². The van der Waals surface area contributed by atoms with E-state index >= 15 is 0 Å². The number of carbonyl (C=O) groups excluding carboxylic acids is 1. The van der Waals surface area contributed by atoms with Gasteiger partial charge in [0.15, 0.2) is 5.65 Å². The highest BCUT2D eigenvalue weighted by molar-refractivity contribution is 8.00. The Balaban J connectivity index is 1.37. The molecular formula is C20H24N6O3S2. The van der Waals surface area contributed by atoms with Crippen LogP contribution in [0, 0.1) is 0 Å². The quantitative estimate of drug-likeness (QED) is 0.445. The van der Waals surface area contributed by atoms with Crippen molar-refractivity contribution >= 4 is 44.4 Å². The molecular weight excluding hydrogens is 436 g/mol. The van der Waals surface area contributed by atoms with Gasteiger partial charge in [-0.05, 0) is 37.1 Å². The van der Waals surface area contributed by atoms with E-state index in [1.54, 1.807) is 46.5 Å². The first-order valence-electron chi connectivity index (χ1n) is 10.1. The maximum Gasteiger partial charge on any atom is 0.243 e. The molecule has 1 aliphatic rings. The molecule has 0 unspecified atom stereocenters. The monoisotopic (exact) mass is 460 g/mol. The topological polar surface area (TPSA) is 110 Å². The summed E-state index contributed by atoms with van der Waals surface area (Å²) in [6.45, 7) is 1.12. The number of carbonyl (C=O) groups is 1. The zero-order valence-electron chi connectivity index (χ0n) is 17.2. The Kier molecular flexibility index (Phi) is 6.54. The van der Waals surface area contributed by atoms with Crippen LogP contribution in [0.1, 0.15) is 25.7 Å². The first-order chi connectivity index (χ1) is 14.9. The van der Waals surface area contributed by atoms with Crippen molar-refractivity contribution in [2.45, 2.75) is 35.6 Å². The molecule has 0 spiro atoms. The molecule has 11 heteroatoms. The molecule has 0 saturated carbocycles. The van der Waals surface area contributed by atoms with Crippen LogP contribution in [0.2, 0.25) is 0 Å². The number of thioether (sulfide) groups is 1. The van der Waals surface area contributed by atoms with E-state index in [9.17, 15) is 13.2 Å². The fraction of sp³-hybridized carbons (Fsp3) is 0.400. The fourth-order valence-electron chi connectivity index (χ4n) is 3.53. The maximum absolute atomic E-state index is 12.9. The van der Waals surface area contributed by atoms with E-state index in [4.69, 9.17) is 0 Å². The third kappa shape index (κ3) is 4.89. The first-order valence-corrected chi connectivity index (χ1v) is 12.5. The van der Waals surface area contributed by atoms with Gasteiger partial charge < -0.3 is 5.32 Å². The molecule has 3 heterocycles. The van der Waals surface area contributed by atoms with E-state index in [0.717, 1.165) is 31.1 Å². The lowest BCUT2D eigenvalue weighted by Crippen LogP contribution is -2.31. The van der Waals surface area contributed by atoms with Crippen LogP contribution in [-0.2, 0) is 21.9 Å². The minimum atomic E-state index is -3.50. The van der Waals surface area contributed by atoms with Crippen molar-refractivity contribution in [2.75, 3.05) is 24.2 Å². The zero-order valence-corrected chi connectivity index (χ0v) is 18.8. The number of benzene rings is 1. The van der Waals surface area contributed by atoms with Gasteiger partial charge in [-0.2, -0.15) is 9.40 Å². The molecule has 31 heavy (non-hydrogen) atoms. The number of aryl methyl sites for hydroxylation is 1. The SMILES string of the molecule is Cn1ncc2c(SCC(=O)Nc3ccc(S(=O)(=O)N4CCCCCC4)cc3)ncnc21. The van der Waals surface area contributed by atoms with Crippen LogP contribution in [0.25, 0.3) is 11.0 Å². The van der Waals surface area contributed by atoms with Gasteiger partial charge in [0.2, 0.25) is 15.9 Å². The summed E-state index contributed by atoms with van der Waals surface area (Å²) in [6.07, 6.45) is 7.05. The summed E-state index contributed by atoms with van der Waals surface area (Å²) in [6, 6.07) is 6.34. The van der Waals surface area contributed by atoms with Gasteiger partial charge in [0.25, 0.3) is 0 Å². The van der Waals surface area contributed by atoms with Crippen LogP contribution >= 0.6 is 11.8 Å². The number of nitrogens with zero attached hydrogens (tertiary/aromatic N) is 5. The van der Waals surface area contributed by atoms with E-state index in [-0.39, 0.29) is 16.6 Å². The van der Waals surface area contributed by atoms with Crippen LogP contribution in [0.15, 0.2) is 46.7 Å². The molecule has 3 aromatic rings. The summed E-state index contributed by atoms with van der Waals surface area (Å²) in [7, 11) is -1.70.